The largest absolute Gasteiger partial charge is 0.406 e. The van der Waals surface area contributed by atoms with E-state index in [1.54, 1.807) is 6.08 Å². The minimum absolute atomic E-state index is 0.434. The summed E-state index contributed by atoms with van der Waals surface area (Å²) in [5.41, 5.74) is 0. The maximum atomic E-state index is 12.6. The van der Waals surface area contributed by atoms with E-state index >= 15 is 0 Å². The number of halogens is 3. The van der Waals surface area contributed by atoms with Crippen LogP contribution in [0, 0.1) is 5.92 Å². The average Bonchev–Trinajstić information content (AvgIpc) is 2.36. The molecule has 0 fully saturated rings. The van der Waals surface area contributed by atoms with Gasteiger partial charge in [0.2, 0.25) is 11.8 Å². The normalized spacial score (nSPS) is 18.8. The number of hydrogen-bond acceptors (Lipinski definition) is 2. The fourth-order valence-electron chi connectivity index (χ4n) is 2.01. The van der Waals surface area contributed by atoms with E-state index in [0.717, 1.165) is 0 Å². The van der Waals surface area contributed by atoms with Gasteiger partial charge < -0.3 is 9.80 Å². The van der Waals surface area contributed by atoms with Crippen molar-refractivity contribution in [2.24, 2.45) is 5.92 Å². The van der Waals surface area contributed by atoms with Gasteiger partial charge in [-0.15, -0.1) is 0 Å². The van der Waals surface area contributed by atoms with Crippen molar-refractivity contribution in [2.45, 2.75) is 25.4 Å². The Morgan fingerprint density at radius 1 is 1.25 bits per heavy atom. The zero-order valence-corrected chi connectivity index (χ0v) is 11.6. The lowest BCUT2D eigenvalue weighted by Gasteiger charge is -2.29. The fourth-order valence-corrected chi connectivity index (χ4v) is 2.01. The van der Waals surface area contributed by atoms with E-state index < -0.39 is 37.0 Å². The van der Waals surface area contributed by atoms with Crippen LogP contribution in [0.3, 0.4) is 0 Å². The first-order chi connectivity index (χ1) is 9.20. The second-order valence-electron chi connectivity index (χ2n) is 5.08. The Kier molecular flexibility index (Phi) is 5.59. The molecular formula is C13H19F3N2O2. The second kappa shape index (κ2) is 6.76. The molecule has 4 nitrogen and oxygen atoms in total. The zero-order chi connectivity index (χ0) is 15.3. The van der Waals surface area contributed by atoms with Gasteiger partial charge in [-0.2, -0.15) is 13.2 Å². The molecular weight excluding hydrogens is 273 g/mol. The molecule has 1 aliphatic rings. The van der Waals surface area contributed by atoms with Gasteiger partial charge in [0, 0.05) is 20.0 Å². The number of likely N-dealkylation sites (N-methyl/N-ethyl adjacent to an activating group) is 1. The van der Waals surface area contributed by atoms with Crippen molar-refractivity contribution in [2.75, 3.05) is 27.2 Å². The molecule has 0 saturated heterocycles. The molecule has 0 aromatic rings. The Morgan fingerprint density at radius 3 is 2.35 bits per heavy atom. The minimum Gasteiger partial charge on any atom is -0.347 e. The minimum atomic E-state index is -4.51. The lowest BCUT2D eigenvalue weighted by molar-refractivity contribution is -0.166. The number of carbonyl (C=O) groups is 2. The Morgan fingerprint density at radius 2 is 1.90 bits per heavy atom. The van der Waals surface area contributed by atoms with Gasteiger partial charge in [-0.1, -0.05) is 12.2 Å². The number of allylic oxidation sites excluding steroid dienone is 2. The highest BCUT2D eigenvalue weighted by Crippen LogP contribution is 2.23. The van der Waals surface area contributed by atoms with Crippen LogP contribution in [-0.4, -0.2) is 55.0 Å². The van der Waals surface area contributed by atoms with Crippen LogP contribution in [0.25, 0.3) is 0 Å². The molecule has 0 aromatic carbocycles. The molecule has 1 atom stereocenters. The number of carbonyl (C=O) groups excluding carboxylic acids is 2. The first-order valence-corrected chi connectivity index (χ1v) is 6.41. The fraction of sp³-hybridized carbons (Fsp3) is 0.692. The molecule has 7 heteroatoms. The van der Waals surface area contributed by atoms with Crippen LogP contribution < -0.4 is 0 Å². The molecule has 0 aromatic heterocycles. The molecule has 0 spiro atoms. The van der Waals surface area contributed by atoms with Gasteiger partial charge in [-0.05, 0) is 19.3 Å². The Balaban J connectivity index is 2.77. The SMILES string of the molecule is CN(C)C(=O)CN(CC(F)(F)F)C(=O)C1CC=CCC1. The maximum Gasteiger partial charge on any atom is 0.406 e. The van der Waals surface area contributed by atoms with Crippen molar-refractivity contribution in [3.05, 3.63) is 12.2 Å². The van der Waals surface area contributed by atoms with E-state index in [2.05, 4.69) is 0 Å². The lowest BCUT2D eigenvalue weighted by atomic mass is 9.93. The molecule has 0 saturated carbocycles. The first-order valence-electron chi connectivity index (χ1n) is 6.41. The van der Waals surface area contributed by atoms with E-state index in [1.807, 2.05) is 6.08 Å². The summed E-state index contributed by atoms with van der Waals surface area (Å²) in [7, 11) is 2.89. The second-order valence-corrected chi connectivity index (χ2v) is 5.08. The van der Waals surface area contributed by atoms with Crippen LogP contribution in [0.2, 0.25) is 0 Å². The number of nitrogens with zero attached hydrogens (tertiary/aromatic N) is 2. The van der Waals surface area contributed by atoms with Crippen molar-refractivity contribution in [3.63, 3.8) is 0 Å². The van der Waals surface area contributed by atoms with Crippen LogP contribution in [0.5, 0.6) is 0 Å². The van der Waals surface area contributed by atoms with Gasteiger partial charge >= 0.3 is 6.18 Å². The summed E-state index contributed by atoms with van der Waals surface area (Å²) < 4.78 is 37.7. The molecule has 1 rings (SSSR count). The van der Waals surface area contributed by atoms with Gasteiger partial charge in [0.05, 0.1) is 0 Å². The van der Waals surface area contributed by atoms with Crippen LogP contribution in [0.1, 0.15) is 19.3 Å². The molecule has 0 N–H and O–H groups in total. The predicted molar refractivity (Wildman–Crippen MR) is 67.8 cm³/mol. The molecule has 0 aliphatic heterocycles. The topological polar surface area (TPSA) is 40.6 Å². The smallest absolute Gasteiger partial charge is 0.347 e. The molecule has 2 amide bonds. The summed E-state index contributed by atoms with van der Waals surface area (Å²) in [6.07, 6.45) is 0.836. The molecule has 1 unspecified atom stereocenters. The maximum absolute atomic E-state index is 12.6. The quantitative estimate of drug-likeness (QED) is 0.742. The molecule has 0 bridgehead atoms. The van der Waals surface area contributed by atoms with Gasteiger partial charge in [0.25, 0.3) is 0 Å². The van der Waals surface area contributed by atoms with E-state index in [0.29, 0.717) is 24.2 Å². The Labute approximate surface area is 116 Å². The van der Waals surface area contributed by atoms with E-state index in [-0.39, 0.29) is 0 Å². The van der Waals surface area contributed by atoms with Gasteiger partial charge in [-0.25, -0.2) is 0 Å². The van der Waals surface area contributed by atoms with Crippen molar-refractivity contribution in [1.29, 1.82) is 0 Å². The average molecular weight is 292 g/mol. The Hall–Kier alpha value is -1.53. The molecule has 114 valence electrons. The van der Waals surface area contributed by atoms with Crippen molar-refractivity contribution in [3.8, 4) is 0 Å². The van der Waals surface area contributed by atoms with E-state index in [4.69, 9.17) is 0 Å². The van der Waals surface area contributed by atoms with Crippen molar-refractivity contribution < 1.29 is 22.8 Å². The highest BCUT2D eigenvalue weighted by Gasteiger charge is 2.36. The molecule has 1 aliphatic carbocycles. The first kappa shape index (κ1) is 16.5. The highest BCUT2D eigenvalue weighted by atomic mass is 19.4. The van der Waals surface area contributed by atoms with E-state index in [1.165, 1.54) is 19.0 Å². The van der Waals surface area contributed by atoms with Gasteiger partial charge in [-0.3, -0.25) is 9.59 Å². The summed E-state index contributed by atoms with van der Waals surface area (Å²) >= 11 is 0. The molecule has 20 heavy (non-hydrogen) atoms. The Bertz CT molecular complexity index is 392. The molecule has 0 heterocycles. The number of hydrogen-bond donors (Lipinski definition) is 0. The molecule has 0 radical (unpaired) electrons. The third-order valence-corrected chi connectivity index (χ3v) is 3.13. The zero-order valence-electron chi connectivity index (χ0n) is 11.6. The standard InChI is InChI=1S/C13H19F3N2O2/c1-17(2)11(19)8-18(9-13(14,15)16)12(20)10-6-4-3-5-7-10/h3-4,10H,5-9H2,1-2H3. The summed E-state index contributed by atoms with van der Waals surface area (Å²) in [4.78, 5) is 25.5. The van der Waals surface area contributed by atoms with Crippen LogP contribution in [0.15, 0.2) is 12.2 Å². The summed E-state index contributed by atoms with van der Waals surface area (Å²) in [5.74, 6) is -1.58. The summed E-state index contributed by atoms with van der Waals surface area (Å²) in [6, 6.07) is 0. The number of rotatable bonds is 4. The third kappa shape index (κ3) is 5.22. The number of amides is 2. The third-order valence-electron chi connectivity index (χ3n) is 3.13. The van der Waals surface area contributed by atoms with Crippen LogP contribution in [-0.2, 0) is 9.59 Å². The summed E-state index contributed by atoms with van der Waals surface area (Å²) in [6.45, 7) is -1.92. The predicted octanol–water partition coefficient (Wildman–Crippen LogP) is 1.82. The van der Waals surface area contributed by atoms with E-state index in [9.17, 15) is 22.8 Å². The lowest BCUT2D eigenvalue weighted by Crippen LogP contribution is -2.47. The van der Waals surface area contributed by atoms with Gasteiger partial charge in [0.1, 0.15) is 13.1 Å². The highest BCUT2D eigenvalue weighted by molar-refractivity contribution is 5.86. The van der Waals surface area contributed by atoms with Crippen molar-refractivity contribution in [1.82, 2.24) is 9.80 Å². The monoisotopic (exact) mass is 292 g/mol. The van der Waals surface area contributed by atoms with Crippen LogP contribution in [0.4, 0.5) is 13.2 Å². The summed E-state index contributed by atoms with van der Waals surface area (Å²) in [5, 5.41) is 0. The van der Waals surface area contributed by atoms with Crippen molar-refractivity contribution >= 4 is 11.8 Å². The number of alkyl halides is 3. The van der Waals surface area contributed by atoms with Crippen LogP contribution >= 0.6 is 0 Å². The van der Waals surface area contributed by atoms with Gasteiger partial charge in [0.15, 0.2) is 0 Å².